The number of hydrogen-bond acceptors (Lipinski definition) is 3. The Hall–Kier alpha value is -2.10. The second kappa shape index (κ2) is 7.95. The van der Waals surface area contributed by atoms with Gasteiger partial charge in [-0.15, -0.1) is 0 Å². The van der Waals surface area contributed by atoms with Gasteiger partial charge >= 0.3 is 0 Å². The second-order valence-corrected chi connectivity index (χ2v) is 6.16. The lowest BCUT2D eigenvalue weighted by molar-refractivity contribution is 0.624. The highest BCUT2D eigenvalue weighted by Gasteiger charge is 2.09. The fourth-order valence-corrected chi connectivity index (χ4v) is 2.94. The third-order valence-corrected chi connectivity index (χ3v) is 4.31. The van der Waals surface area contributed by atoms with Crippen LogP contribution in [0.3, 0.4) is 0 Å². The smallest absolute Gasteiger partial charge is 0.106 e. The molecular weight excluding hydrogens is 284 g/mol. The lowest BCUT2D eigenvalue weighted by Crippen LogP contribution is -2.11. The molecule has 0 aliphatic carbocycles. The van der Waals surface area contributed by atoms with Crippen molar-refractivity contribution in [2.75, 3.05) is 11.6 Å². The first-order valence-electron chi connectivity index (χ1n) is 8.81. The highest BCUT2D eigenvalue weighted by Crippen LogP contribution is 2.23. The monoisotopic (exact) mass is 310 g/mol. The van der Waals surface area contributed by atoms with Crippen LogP contribution in [-0.4, -0.2) is 22.7 Å². The second-order valence-electron chi connectivity index (χ2n) is 6.16. The molecule has 3 rings (SSSR count). The van der Waals surface area contributed by atoms with Gasteiger partial charge in [-0.3, -0.25) is 5.01 Å². The average molecular weight is 310 g/mol. The van der Waals surface area contributed by atoms with E-state index in [0.29, 0.717) is 0 Å². The average Bonchev–Trinajstić information content (AvgIpc) is 3.27. The van der Waals surface area contributed by atoms with E-state index in [1.807, 2.05) is 17.4 Å². The van der Waals surface area contributed by atoms with Crippen LogP contribution in [0, 0.1) is 0 Å². The number of hydrazone groups is 1. The molecule has 0 fully saturated rings. The van der Waals surface area contributed by atoms with Crippen molar-refractivity contribution in [3.8, 4) is 11.3 Å². The summed E-state index contributed by atoms with van der Waals surface area (Å²) >= 11 is 0. The summed E-state index contributed by atoms with van der Waals surface area (Å²) in [6.07, 6.45) is 12.5. The topological polar surface area (TPSA) is 44.3 Å². The largest absolute Gasteiger partial charge is 0.342 e. The zero-order chi connectivity index (χ0) is 15.9. The van der Waals surface area contributed by atoms with E-state index < -0.39 is 0 Å². The van der Waals surface area contributed by atoms with Gasteiger partial charge in [0, 0.05) is 25.6 Å². The van der Waals surface area contributed by atoms with Crippen molar-refractivity contribution in [2.45, 2.75) is 51.9 Å². The number of nitrogens with zero attached hydrogens (tertiary/aromatic N) is 3. The molecule has 1 aliphatic heterocycles. The van der Waals surface area contributed by atoms with Crippen molar-refractivity contribution in [2.24, 2.45) is 5.10 Å². The first kappa shape index (κ1) is 15.8. The summed E-state index contributed by atoms with van der Waals surface area (Å²) in [4.78, 5) is 7.98. The maximum atomic E-state index is 4.52. The van der Waals surface area contributed by atoms with Crippen molar-refractivity contribution < 1.29 is 0 Å². The quantitative estimate of drug-likeness (QED) is 0.713. The molecule has 0 saturated heterocycles. The van der Waals surface area contributed by atoms with Gasteiger partial charge < -0.3 is 4.98 Å². The van der Waals surface area contributed by atoms with E-state index in [1.165, 1.54) is 37.7 Å². The molecule has 0 atom stereocenters. The number of H-pyrrole nitrogens is 1. The van der Waals surface area contributed by atoms with Crippen LogP contribution < -0.4 is 5.01 Å². The van der Waals surface area contributed by atoms with Crippen LogP contribution in [-0.2, 0) is 6.42 Å². The van der Waals surface area contributed by atoms with Gasteiger partial charge in [-0.25, -0.2) is 4.98 Å². The first-order valence-corrected chi connectivity index (χ1v) is 8.81. The van der Waals surface area contributed by atoms with E-state index in [-0.39, 0.29) is 0 Å². The number of benzene rings is 1. The van der Waals surface area contributed by atoms with Gasteiger partial charge in [-0.05, 0) is 24.1 Å². The third kappa shape index (κ3) is 4.21. The van der Waals surface area contributed by atoms with Crippen LogP contribution in [0.5, 0.6) is 0 Å². The number of unbranched alkanes of at least 4 members (excludes halogenated alkanes) is 4. The van der Waals surface area contributed by atoms with Gasteiger partial charge in [-0.1, -0.05) is 44.7 Å². The van der Waals surface area contributed by atoms with Crippen LogP contribution in [0.15, 0.2) is 35.6 Å². The van der Waals surface area contributed by atoms with Crippen molar-refractivity contribution in [1.29, 1.82) is 0 Å². The maximum Gasteiger partial charge on any atom is 0.106 e. The van der Waals surface area contributed by atoms with Crippen molar-refractivity contribution in [3.63, 3.8) is 0 Å². The van der Waals surface area contributed by atoms with Crippen molar-refractivity contribution in [3.05, 3.63) is 36.3 Å². The Balaban J connectivity index is 1.56. The van der Waals surface area contributed by atoms with Crippen LogP contribution in [0.25, 0.3) is 11.3 Å². The zero-order valence-corrected chi connectivity index (χ0v) is 14.0. The molecule has 0 unspecified atom stereocenters. The fourth-order valence-electron chi connectivity index (χ4n) is 2.94. The van der Waals surface area contributed by atoms with E-state index >= 15 is 0 Å². The molecule has 2 heterocycles. The molecule has 0 radical (unpaired) electrons. The number of hydrogen-bond donors (Lipinski definition) is 1. The highest BCUT2D eigenvalue weighted by atomic mass is 15.5. The Morgan fingerprint density at radius 1 is 1.09 bits per heavy atom. The van der Waals surface area contributed by atoms with Crippen molar-refractivity contribution in [1.82, 2.24) is 9.97 Å². The minimum atomic E-state index is 0.978. The lowest BCUT2D eigenvalue weighted by Gasteiger charge is -2.13. The summed E-state index contributed by atoms with van der Waals surface area (Å²) in [5.41, 5.74) is 3.44. The van der Waals surface area contributed by atoms with Crippen LogP contribution in [0.4, 0.5) is 5.69 Å². The predicted octanol–water partition coefficient (Wildman–Crippen LogP) is 4.79. The number of aromatic nitrogens is 2. The molecule has 0 spiro atoms. The summed E-state index contributed by atoms with van der Waals surface area (Å²) in [5, 5.41) is 6.40. The van der Waals surface area contributed by atoms with E-state index in [1.54, 1.807) is 0 Å². The van der Waals surface area contributed by atoms with E-state index in [0.717, 1.165) is 36.6 Å². The highest BCUT2D eigenvalue weighted by molar-refractivity contribution is 5.67. The fraction of sp³-hybridized carbons (Fsp3) is 0.474. The van der Waals surface area contributed by atoms with E-state index in [9.17, 15) is 0 Å². The molecule has 0 saturated carbocycles. The van der Waals surface area contributed by atoms with Crippen LogP contribution >= 0.6 is 0 Å². The molecule has 1 aromatic heterocycles. The Labute approximate surface area is 138 Å². The van der Waals surface area contributed by atoms with Crippen LogP contribution in [0.1, 0.15) is 51.3 Å². The maximum absolute atomic E-state index is 4.52. The molecule has 23 heavy (non-hydrogen) atoms. The number of aromatic amines is 1. The standard InChI is InChI=1S/C19H26N4/c1-2-3-4-5-6-8-19-20-15-18(22-19)16-9-11-17(12-10-16)23-14-7-13-21-23/h9-13,15H,2-8,14H2,1H3,(H,20,22). The van der Waals surface area contributed by atoms with Gasteiger partial charge in [0.25, 0.3) is 0 Å². The van der Waals surface area contributed by atoms with Gasteiger partial charge in [0.1, 0.15) is 5.82 Å². The summed E-state index contributed by atoms with van der Waals surface area (Å²) in [6.45, 7) is 3.23. The van der Waals surface area contributed by atoms with Crippen molar-refractivity contribution >= 4 is 11.9 Å². The van der Waals surface area contributed by atoms with E-state index in [4.69, 9.17) is 0 Å². The van der Waals surface area contributed by atoms with Gasteiger partial charge in [0.05, 0.1) is 17.6 Å². The SMILES string of the molecule is CCCCCCCc1ncc(-c2ccc(N3CCC=N3)cc2)[nH]1. The zero-order valence-electron chi connectivity index (χ0n) is 14.0. The normalized spacial score (nSPS) is 13.9. The Bertz CT molecular complexity index is 627. The number of nitrogens with one attached hydrogen (secondary N) is 1. The third-order valence-electron chi connectivity index (χ3n) is 4.31. The summed E-state index contributed by atoms with van der Waals surface area (Å²) in [7, 11) is 0. The first-order chi connectivity index (χ1) is 11.4. The molecule has 4 nitrogen and oxygen atoms in total. The Kier molecular flexibility index (Phi) is 5.46. The molecule has 4 heteroatoms. The molecule has 0 amide bonds. The number of anilines is 1. The molecular formula is C19H26N4. The summed E-state index contributed by atoms with van der Waals surface area (Å²) in [5.74, 6) is 1.10. The molecule has 1 aromatic carbocycles. The van der Waals surface area contributed by atoms with E-state index in [2.05, 4.69) is 46.3 Å². The van der Waals surface area contributed by atoms with Gasteiger partial charge in [-0.2, -0.15) is 5.10 Å². The summed E-state index contributed by atoms with van der Waals surface area (Å²) in [6, 6.07) is 8.54. The Morgan fingerprint density at radius 2 is 1.91 bits per heavy atom. The Morgan fingerprint density at radius 3 is 2.65 bits per heavy atom. The van der Waals surface area contributed by atoms with Gasteiger partial charge in [0.2, 0.25) is 0 Å². The summed E-state index contributed by atoms with van der Waals surface area (Å²) < 4.78 is 0. The molecule has 122 valence electrons. The number of imidazole rings is 1. The predicted molar refractivity (Wildman–Crippen MR) is 96.9 cm³/mol. The number of aryl methyl sites for hydroxylation is 1. The molecule has 0 bridgehead atoms. The molecule has 2 aromatic rings. The lowest BCUT2D eigenvalue weighted by atomic mass is 10.1. The van der Waals surface area contributed by atoms with Crippen LogP contribution in [0.2, 0.25) is 0 Å². The minimum absolute atomic E-state index is 0.978. The minimum Gasteiger partial charge on any atom is -0.342 e. The number of rotatable bonds is 8. The molecule has 1 N–H and O–H groups in total. The van der Waals surface area contributed by atoms with Gasteiger partial charge in [0.15, 0.2) is 0 Å². The molecule has 1 aliphatic rings.